The number of carbonyl (C=O) groups is 1. The van der Waals surface area contributed by atoms with Gasteiger partial charge in [0.15, 0.2) is 0 Å². The lowest BCUT2D eigenvalue weighted by Crippen LogP contribution is -2.31. The molecule has 28 heavy (non-hydrogen) atoms. The van der Waals surface area contributed by atoms with Crippen molar-refractivity contribution in [3.8, 4) is 11.1 Å². The van der Waals surface area contributed by atoms with Crippen LogP contribution < -0.4 is 10.9 Å². The molecule has 4 aromatic rings. The molecular formula is C21H16FN3O2S. The van der Waals surface area contributed by atoms with Crippen molar-refractivity contribution in [3.05, 3.63) is 82.5 Å². The third-order valence-corrected chi connectivity index (χ3v) is 5.40. The van der Waals surface area contributed by atoms with E-state index < -0.39 is 6.04 Å². The van der Waals surface area contributed by atoms with E-state index in [4.69, 9.17) is 0 Å². The highest BCUT2D eigenvalue weighted by molar-refractivity contribution is 7.17. The smallest absolute Gasteiger partial charge is 0.263 e. The van der Waals surface area contributed by atoms with Gasteiger partial charge in [-0.05, 0) is 36.8 Å². The van der Waals surface area contributed by atoms with Crippen LogP contribution in [0.1, 0.15) is 13.0 Å². The van der Waals surface area contributed by atoms with Crippen molar-refractivity contribution in [3.63, 3.8) is 0 Å². The quantitative estimate of drug-likeness (QED) is 0.557. The number of hydrogen-bond acceptors (Lipinski definition) is 4. The Labute approximate surface area is 164 Å². The van der Waals surface area contributed by atoms with E-state index in [2.05, 4.69) is 10.3 Å². The fraction of sp³-hybridized carbons (Fsp3) is 0.0952. The van der Waals surface area contributed by atoms with Crippen molar-refractivity contribution in [1.82, 2.24) is 9.55 Å². The van der Waals surface area contributed by atoms with Gasteiger partial charge in [-0.1, -0.05) is 30.3 Å². The second-order valence-electron chi connectivity index (χ2n) is 6.32. The SMILES string of the molecule is C[C@@H](C(=O)Nc1ccc(F)cc1)n1cnc2scc(-c3ccccc3)c2c1=O. The zero-order valence-corrected chi connectivity index (χ0v) is 15.7. The van der Waals surface area contributed by atoms with Crippen LogP contribution in [0.5, 0.6) is 0 Å². The van der Waals surface area contributed by atoms with Gasteiger partial charge in [-0.15, -0.1) is 11.3 Å². The van der Waals surface area contributed by atoms with E-state index in [0.717, 1.165) is 11.1 Å². The lowest BCUT2D eigenvalue weighted by Gasteiger charge is -2.15. The van der Waals surface area contributed by atoms with Crippen LogP contribution in [0.4, 0.5) is 10.1 Å². The highest BCUT2D eigenvalue weighted by Gasteiger charge is 2.20. The summed E-state index contributed by atoms with van der Waals surface area (Å²) in [5.41, 5.74) is 1.92. The van der Waals surface area contributed by atoms with Crippen LogP contribution in [0, 0.1) is 5.82 Å². The van der Waals surface area contributed by atoms with Crippen LogP contribution >= 0.6 is 11.3 Å². The van der Waals surface area contributed by atoms with Crippen LogP contribution in [0.25, 0.3) is 21.3 Å². The Morgan fingerprint density at radius 1 is 1.14 bits per heavy atom. The topological polar surface area (TPSA) is 64.0 Å². The number of anilines is 1. The molecule has 0 fully saturated rings. The predicted molar refractivity (Wildman–Crippen MR) is 109 cm³/mol. The summed E-state index contributed by atoms with van der Waals surface area (Å²) < 4.78 is 14.4. The van der Waals surface area contributed by atoms with E-state index in [-0.39, 0.29) is 17.3 Å². The molecule has 0 saturated heterocycles. The largest absolute Gasteiger partial charge is 0.324 e. The number of thiophene rings is 1. The predicted octanol–water partition coefficient (Wildman–Crippen LogP) is 4.46. The maximum Gasteiger partial charge on any atom is 0.263 e. The van der Waals surface area contributed by atoms with Crippen LogP contribution in [0.3, 0.4) is 0 Å². The van der Waals surface area contributed by atoms with E-state index in [1.807, 2.05) is 35.7 Å². The Hall–Kier alpha value is -3.32. The molecule has 0 radical (unpaired) electrons. The van der Waals surface area contributed by atoms with Gasteiger partial charge >= 0.3 is 0 Å². The summed E-state index contributed by atoms with van der Waals surface area (Å²) in [5.74, 6) is -0.769. The van der Waals surface area contributed by atoms with E-state index in [1.54, 1.807) is 6.92 Å². The highest BCUT2D eigenvalue weighted by Crippen LogP contribution is 2.30. The Kier molecular flexibility index (Phi) is 4.75. The number of aromatic nitrogens is 2. The minimum atomic E-state index is -0.780. The summed E-state index contributed by atoms with van der Waals surface area (Å²) in [7, 11) is 0. The first kappa shape index (κ1) is 18.1. The monoisotopic (exact) mass is 393 g/mol. The number of halogens is 1. The number of carbonyl (C=O) groups excluding carboxylic acids is 1. The number of benzene rings is 2. The summed E-state index contributed by atoms with van der Waals surface area (Å²) >= 11 is 1.40. The summed E-state index contributed by atoms with van der Waals surface area (Å²) in [6.07, 6.45) is 1.39. The second kappa shape index (κ2) is 7.36. The van der Waals surface area contributed by atoms with E-state index >= 15 is 0 Å². The molecule has 7 heteroatoms. The van der Waals surface area contributed by atoms with Crippen molar-refractivity contribution >= 4 is 33.1 Å². The average molecular weight is 393 g/mol. The van der Waals surface area contributed by atoms with Gasteiger partial charge in [-0.25, -0.2) is 9.37 Å². The molecule has 0 bridgehead atoms. The lowest BCUT2D eigenvalue weighted by molar-refractivity contribution is -0.118. The highest BCUT2D eigenvalue weighted by atomic mass is 32.1. The van der Waals surface area contributed by atoms with Gasteiger partial charge in [-0.3, -0.25) is 14.2 Å². The molecule has 140 valence electrons. The summed E-state index contributed by atoms with van der Waals surface area (Å²) in [4.78, 5) is 30.7. The molecule has 0 aliphatic heterocycles. The molecule has 0 spiro atoms. The minimum Gasteiger partial charge on any atom is -0.324 e. The first-order valence-electron chi connectivity index (χ1n) is 8.65. The number of hydrogen-bond donors (Lipinski definition) is 1. The second-order valence-corrected chi connectivity index (χ2v) is 7.18. The fourth-order valence-electron chi connectivity index (χ4n) is 2.96. The number of fused-ring (bicyclic) bond motifs is 1. The van der Waals surface area contributed by atoms with Crippen LogP contribution in [0.15, 0.2) is 71.1 Å². The number of rotatable bonds is 4. The van der Waals surface area contributed by atoms with Crippen molar-refractivity contribution in [2.75, 3.05) is 5.32 Å². The Morgan fingerprint density at radius 3 is 2.57 bits per heavy atom. The summed E-state index contributed by atoms with van der Waals surface area (Å²) in [6.45, 7) is 1.63. The van der Waals surface area contributed by atoms with E-state index in [0.29, 0.717) is 15.9 Å². The summed E-state index contributed by atoms with van der Waals surface area (Å²) in [5, 5.41) is 5.10. The van der Waals surface area contributed by atoms with Gasteiger partial charge in [0, 0.05) is 16.6 Å². The first-order chi connectivity index (χ1) is 13.5. The molecule has 0 saturated carbocycles. The van der Waals surface area contributed by atoms with Crippen molar-refractivity contribution in [2.24, 2.45) is 0 Å². The Balaban J connectivity index is 1.70. The van der Waals surface area contributed by atoms with Crippen molar-refractivity contribution < 1.29 is 9.18 Å². The third kappa shape index (κ3) is 3.32. The molecule has 2 aromatic carbocycles. The molecule has 1 amide bonds. The van der Waals surface area contributed by atoms with Crippen molar-refractivity contribution in [2.45, 2.75) is 13.0 Å². The van der Waals surface area contributed by atoms with Crippen molar-refractivity contribution in [1.29, 1.82) is 0 Å². The van der Waals surface area contributed by atoms with Gasteiger partial charge in [0.1, 0.15) is 16.7 Å². The van der Waals surface area contributed by atoms with Crippen LogP contribution in [-0.2, 0) is 4.79 Å². The molecular weight excluding hydrogens is 377 g/mol. The van der Waals surface area contributed by atoms with Gasteiger partial charge in [-0.2, -0.15) is 0 Å². The molecule has 0 aliphatic carbocycles. The number of amides is 1. The molecule has 0 aliphatic rings. The third-order valence-electron chi connectivity index (χ3n) is 4.51. The summed E-state index contributed by atoms with van der Waals surface area (Å²) in [6, 6.07) is 14.3. The molecule has 2 heterocycles. The molecule has 2 aromatic heterocycles. The normalized spacial score (nSPS) is 12.1. The molecule has 1 N–H and O–H groups in total. The van der Waals surface area contributed by atoms with E-state index in [9.17, 15) is 14.0 Å². The standard InChI is InChI=1S/C21H16FN3O2S/c1-13(19(26)24-16-9-7-15(22)8-10-16)25-12-23-20-18(21(25)27)17(11-28-20)14-5-3-2-4-6-14/h2-13H,1H3,(H,24,26)/t13-/m0/s1. The lowest BCUT2D eigenvalue weighted by atomic mass is 10.1. The van der Waals surface area contributed by atoms with Gasteiger partial charge < -0.3 is 5.32 Å². The average Bonchev–Trinajstić information content (AvgIpc) is 3.15. The zero-order chi connectivity index (χ0) is 19.7. The van der Waals surface area contributed by atoms with Crippen LogP contribution in [-0.4, -0.2) is 15.5 Å². The minimum absolute atomic E-state index is 0.271. The van der Waals surface area contributed by atoms with Gasteiger partial charge in [0.05, 0.1) is 11.7 Å². The van der Waals surface area contributed by atoms with Gasteiger partial charge in [0.25, 0.3) is 5.56 Å². The maximum absolute atomic E-state index is 13.1. The molecule has 5 nitrogen and oxygen atoms in total. The number of nitrogens with one attached hydrogen (secondary N) is 1. The van der Waals surface area contributed by atoms with Gasteiger partial charge in [0.2, 0.25) is 5.91 Å². The number of nitrogens with zero attached hydrogens (tertiary/aromatic N) is 2. The molecule has 1 atom stereocenters. The zero-order valence-electron chi connectivity index (χ0n) is 14.9. The molecule has 4 rings (SSSR count). The van der Waals surface area contributed by atoms with E-state index in [1.165, 1.54) is 46.5 Å². The first-order valence-corrected chi connectivity index (χ1v) is 9.53. The molecule has 0 unspecified atom stereocenters. The maximum atomic E-state index is 13.1. The Morgan fingerprint density at radius 2 is 1.86 bits per heavy atom. The Bertz CT molecular complexity index is 1200. The van der Waals surface area contributed by atoms with Crippen LogP contribution in [0.2, 0.25) is 0 Å². The fourth-order valence-corrected chi connectivity index (χ4v) is 3.86.